The Morgan fingerprint density at radius 3 is 2.74 bits per heavy atom. The second-order valence-electron chi connectivity index (χ2n) is 4.48. The Hall–Kier alpha value is -1.20. The Kier molecular flexibility index (Phi) is 5.10. The molecule has 1 unspecified atom stereocenters. The second-order valence-corrected chi connectivity index (χ2v) is 5.65. The van der Waals surface area contributed by atoms with Crippen LogP contribution in [0.2, 0.25) is 0 Å². The van der Waals surface area contributed by atoms with Gasteiger partial charge < -0.3 is 9.73 Å². The highest BCUT2D eigenvalue weighted by molar-refractivity contribution is 7.15. The third-order valence-corrected chi connectivity index (χ3v) is 4.23. The smallest absolute Gasteiger partial charge is 0.257 e. The van der Waals surface area contributed by atoms with Gasteiger partial charge >= 0.3 is 0 Å². The number of thiophene rings is 1. The predicted molar refractivity (Wildman–Crippen MR) is 78.3 cm³/mol. The predicted octanol–water partition coefficient (Wildman–Crippen LogP) is 3.81. The van der Waals surface area contributed by atoms with Crippen molar-refractivity contribution in [2.45, 2.75) is 46.1 Å². The van der Waals surface area contributed by atoms with Crippen LogP contribution in [0.3, 0.4) is 0 Å². The van der Waals surface area contributed by atoms with E-state index in [0.717, 1.165) is 30.7 Å². The first-order valence-corrected chi connectivity index (χ1v) is 7.75. The summed E-state index contributed by atoms with van der Waals surface area (Å²) < 4.78 is 5.80. The van der Waals surface area contributed by atoms with Crippen LogP contribution in [0.4, 0.5) is 0 Å². The number of nitrogens with zero attached hydrogens (tertiary/aromatic N) is 2. The topological polar surface area (TPSA) is 51.0 Å². The summed E-state index contributed by atoms with van der Waals surface area (Å²) in [6, 6.07) is 4.34. The minimum atomic E-state index is 0.159. The molecule has 0 aliphatic heterocycles. The molecule has 0 saturated heterocycles. The van der Waals surface area contributed by atoms with Crippen LogP contribution in [0.5, 0.6) is 0 Å². The van der Waals surface area contributed by atoms with Gasteiger partial charge in [0.05, 0.1) is 10.9 Å². The number of nitrogens with one attached hydrogen (secondary N) is 1. The zero-order chi connectivity index (χ0) is 13.7. The van der Waals surface area contributed by atoms with Crippen molar-refractivity contribution < 1.29 is 4.42 Å². The van der Waals surface area contributed by atoms with Gasteiger partial charge in [-0.1, -0.05) is 20.8 Å². The van der Waals surface area contributed by atoms with Gasteiger partial charge in [0.2, 0.25) is 5.89 Å². The molecule has 0 aliphatic rings. The zero-order valence-corrected chi connectivity index (χ0v) is 12.6. The largest absolute Gasteiger partial charge is 0.418 e. The molecule has 0 saturated carbocycles. The summed E-state index contributed by atoms with van der Waals surface area (Å²) in [5, 5.41) is 11.8. The van der Waals surface area contributed by atoms with E-state index in [4.69, 9.17) is 4.42 Å². The first-order valence-electron chi connectivity index (χ1n) is 6.94. The average Bonchev–Trinajstić information content (AvgIpc) is 3.08. The molecule has 2 heterocycles. The van der Waals surface area contributed by atoms with Gasteiger partial charge in [0.25, 0.3) is 5.89 Å². The van der Waals surface area contributed by atoms with Crippen molar-refractivity contribution in [1.29, 1.82) is 0 Å². The van der Waals surface area contributed by atoms with Crippen molar-refractivity contribution in [3.8, 4) is 10.8 Å². The maximum absolute atomic E-state index is 5.80. The van der Waals surface area contributed by atoms with Crippen LogP contribution in [0, 0.1) is 0 Å². The van der Waals surface area contributed by atoms with E-state index in [1.54, 1.807) is 11.3 Å². The standard InChI is InChI=1S/C14H21N3OS/c1-4-9-15-11(6-3)13-16-17-14(18-13)12-8-7-10(5-2)19-12/h7-8,11,15H,4-6,9H2,1-3H3. The Bertz CT molecular complexity index is 506. The van der Waals surface area contributed by atoms with Gasteiger partial charge in [-0.15, -0.1) is 21.5 Å². The SMILES string of the molecule is CCCNC(CC)c1nnc(-c2ccc(CC)s2)o1. The lowest BCUT2D eigenvalue weighted by Crippen LogP contribution is -2.21. The maximum Gasteiger partial charge on any atom is 0.257 e. The summed E-state index contributed by atoms with van der Waals surface area (Å²) in [6.07, 6.45) is 3.09. The fourth-order valence-electron chi connectivity index (χ4n) is 1.88. The fourth-order valence-corrected chi connectivity index (χ4v) is 2.75. The molecule has 2 aromatic heterocycles. The van der Waals surface area contributed by atoms with E-state index in [0.29, 0.717) is 11.8 Å². The van der Waals surface area contributed by atoms with E-state index in [1.165, 1.54) is 4.88 Å². The first-order chi connectivity index (χ1) is 9.28. The third-order valence-electron chi connectivity index (χ3n) is 3.01. The molecule has 19 heavy (non-hydrogen) atoms. The molecule has 4 nitrogen and oxygen atoms in total. The first kappa shape index (κ1) is 14.2. The average molecular weight is 279 g/mol. The van der Waals surface area contributed by atoms with E-state index < -0.39 is 0 Å². The van der Waals surface area contributed by atoms with Crippen molar-refractivity contribution >= 4 is 11.3 Å². The molecule has 0 bridgehead atoms. The molecule has 1 atom stereocenters. The van der Waals surface area contributed by atoms with Gasteiger partial charge in [0.15, 0.2) is 0 Å². The fraction of sp³-hybridized carbons (Fsp3) is 0.571. The van der Waals surface area contributed by atoms with Gasteiger partial charge in [0.1, 0.15) is 0 Å². The van der Waals surface area contributed by atoms with Gasteiger partial charge in [-0.2, -0.15) is 0 Å². The lowest BCUT2D eigenvalue weighted by molar-refractivity contribution is 0.396. The lowest BCUT2D eigenvalue weighted by atomic mass is 10.2. The van der Waals surface area contributed by atoms with E-state index in [-0.39, 0.29) is 6.04 Å². The summed E-state index contributed by atoms with van der Waals surface area (Å²) in [7, 11) is 0. The van der Waals surface area contributed by atoms with E-state index >= 15 is 0 Å². The molecule has 2 aromatic rings. The summed E-state index contributed by atoms with van der Waals surface area (Å²) in [6.45, 7) is 7.39. The van der Waals surface area contributed by atoms with Crippen molar-refractivity contribution in [1.82, 2.24) is 15.5 Å². The molecule has 2 rings (SSSR count). The normalized spacial score (nSPS) is 12.8. The molecule has 0 radical (unpaired) electrons. The number of aromatic nitrogens is 2. The van der Waals surface area contributed by atoms with E-state index in [1.807, 2.05) is 0 Å². The number of hydrogen-bond donors (Lipinski definition) is 1. The quantitative estimate of drug-likeness (QED) is 0.837. The Labute approximate surface area is 118 Å². The van der Waals surface area contributed by atoms with E-state index in [9.17, 15) is 0 Å². The third kappa shape index (κ3) is 3.42. The van der Waals surface area contributed by atoms with Gasteiger partial charge in [0, 0.05) is 4.88 Å². The Balaban J connectivity index is 2.13. The van der Waals surface area contributed by atoms with Crippen molar-refractivity contribution in [3.05, 3.63) is 22.9 Å². The van der Waals surface area contributed by atoms with Gasteiger partial charge in [-0.25, -0.2) is 0 Å². The van der Waals surface area contributed by atoms with Crippen LogP contribution in [-0.4, -0.2) is 16.7 Å². The minimum absolute atomic E-state index is 0.159. The lowest BCUT2D eigenvalue weighted by Gasteiger charge is -2.11. The molecule has 104 valence electrons. The van der Waals surface area contributed by atoms with Crippen LogP contribution in [0.25, 0.3) is 10.8 Å². The van der Waals surface area contributed by atoms with Crippen molar-refractivity contribution in [3.63, 3.8) is 0 Å². The van der Waals surface area contributed by atoms with Gasteiger partial charge in [-0.05, 0) is 37.9 Å². The molecular formula is C14H21N3OS. The second kappa shape index (κ2) is 6.82. The summed E-state index contributed by atoms with van der Waals surface area (Å²) in [4.78, 5) is 2.40. The highest BCUT2D eigenvalue weighted by atomic mass is 32.1. The molecule has 0 aromatic carbocycles. The molecule has 0 aliphatic carbocycles. The van der Waals surface area contributed by atoms with Crippen LogP contribution < -0.4 is 5.32 Å². The van der Waals surface area contributed by atoms with Crippen molar-refractivity contribution in [2.75, 3.05) is 6.54 Å². The molecular weight excluding hydrogens is 258 g/mol. The number of hydrogen-bond acceptors (Lipinski definition) is 5. The summed E-state index contributed by atoms with van der Waals surface area (Å²) in [5.41, 5.74) is 0. The minimum Gasteiger partial charge on any atom is -0.418 e. The maximum atomic E-state index is 5.80. The van der Waals surface area contributed by atoms with Crippen LogP contribution >= 0.6 is 11.3 Å². The Morgan fingerprint density at radius 2 is 2.11 bits per heavy atom. The Morgan fingerprint density at radius 1 is 1.26 bits per heavy atom. The highest BCUT2D eigenvalue weighted by Crippen LogP contribution is 2.28. The number of aryl methyl sites for hydroxylation is 1. The summed E-state index contributed by atoms with van der Waals surface area (Å²) in [5.74, 6) is 1.33. The van der Waals surface area contributed by atoms with Crippen LogP contribution in [0.15, 0.2) is 16.5 Å². The van der Waals surface area contributed by atoms with Crippen LogP contribution in [0.1, 0.15) is 50.4 Å². The highest BCUT2D eigenvalue weighted by Gasteiger charge is 2.17. The summed E-state index contributed by atoms with van der Waals surface area (Å²) >= 11 is 1.72. The zero-order valence-electron chi connectivity index (χ0n) is 11.8. The molecule has 5 heteroatoms. The van der Waals surface area contributed by atoms with E-state index in [2.05, 4.69) is 48.4 Å². The monoisotopic (exact) mass is 279 g/mol. The molecule has 0 spiro atoms. The molecule has 0 amide bonds. The molecule has 0 fully saturated rings. The van der Waals surface area contributed by atoms with Crippen molar-refractivity contribution in [2.24, 2.45) is 0 Å². The molecule has 1 N–H and O–H groups in total. The van der Waals surface area contributed by atoms with Gasteiger partial charge in [-0.3, -0.25) is 0 Å². The van der Waals surface area contributed by atoms with Crippen LogP contribution in [-0.2, 0) is 6.42 Å². The number of rotatable bonds is 7.